The van der Waals surface area contributed by atoms with E-state index >= 15 is 0 Å². The van der Waals surface area contributed by atoms with Gasteiger partial charge in [0.2, 0.25) is 0 Å². The molecule has 0 aliphatic carbocycles. The van der Waals surface area contributed by atoms with Crippen LogP contribution in [0.2, 0.25) is 0 Å². The molecule has 1 fully saturated rings. The number of carbonyl (C=O) groups is 1. The fourth-order valence-electron chi connectivity index (χ4n) is 2.07. The number of aryl methyl sites for hydroxylation is 1. The summed E-state index contributed by atoms with van der Waals surface area (Å²) in [5.41, 5.74) is 1.96. The lowest BCUT2D eigenvalue weighted by atomic mass is 10.0. The molecule has 1 aliphatic heterocycles. The molecule has 0 aromatic heterocycles. The highest BCUT2D eigenvalue weighted by Gasteiger charge is 2.25. The molecule has 1 aromatic rings. The van der Waals surface area contributed by atoms with Gasteiger partial charge in [0.05, 0.1) is 6.61 Å². The highest BCUT2D eigenvalue weighted by atomic mass is 16.5. The second-order valence-corrected chi connectivity index (χ2v) is 4.54. The molecule has 1 atom stereocenters. The van der Waals surface area contributed by atoms with E-state index in [2.05, 4.69) is 11.8 Å². The number of likely N-dealkylation sites (N-methyl/N-ethyl adjacent to an activating group) is 1. The Morgan fingerprint density at radius 2 is 2.35 bits per heavy atom. The smallest absolute Gasteiger partial charge is 0.192 e. The molecule has 1 aliphatic rings. The van der Waals surface area contributed by atoms with E-state index in [0.717, 1.165) is 18.5 Å². The van der Waals surface area contributed by atoms with Gasteiger partial charge in [-0.05, 0) is 25.1 Å². The van der Waals surface area contributed by atoms with Gasteiger partial charge in [-0.15, -0.1) is 0 Å². The number of hydrogen-bond donors (Lipinski definition) is 0. The minimum atomic E-state index is -0.305. The van der Waals surface area contributed by atoms with Gasteiger partial charge in [-0.1, -0.05) is 25.1 Å². The number of benzene rings is 1. The van der Waals surface area contributed by atoms with Gasteiger partial charge < -0.3 is 9.64 Å². The molecule has 92 valence electrons. The Kier molecular flexibility index (Phi) is 3.92. The van der Waals surface area contributed by atoms with Crippen molar-refractivity contribution in [1.82, 2.24) is 4.90 Å². The van der Waals surface area contributed by atoms with Crippen LogP contribution in [0.3, 0.4) is 0 Å². The summed E-state index contributed by atoms with van der Waals surface area (Å²) in [5.74, 6) is 0.104. The van der Waals surface area contributed by atoms with E-state index in [4.69, 9.17) is 4.74 Å². The molecule has 0 saturated carbocycles. The normalized spacial score (nSPS) is 21.4. The van der Waals surface area contributed by atoms with Crippen LogP contribution < -0.4 is 0 Å². The van der Waals surface area contributed by atoms with E-state index in [0.29, 0.717) is 13.2 Å². The average molecular weight is 233 g/mol. The summed E-state index contributed by atoms with van der Waals surface area (Å²) in [5, 5.41) is 0. The summed E-state index contributed by atoms with van der Waals surface area (Å²) in [6.45, 7) is 4.32. The van der Waals surface area contributed by atoms with E-state index in [1.807, 2.05) is 31.3 Å². The van der Waals surface area contributed by atoms with E-state index in [-0.39, 0.29) is 11.9 Å². The van der Waals surface area contributed by atoms with Gasteiger partial charge in [0, 0.05) is 18.7 Å². The Hall–Kier alpha value is -1.19. The number of nitrogens with zero attached hydrogens (tertiary/aromatic N) is 1. The molecule has 0 bridgehead atoms. The zero-order valence-corrected chi connectivity index (χ0v) is 10.5. The fraction of sp³-hybridized carbons (Fsp3) is 0.500. The van der Waals surface area contributed by atoms with Gasteiger partial charge in [-0.3, -0.25) is 4.79 Å². The molecule has 0 N–H and O–H groups in total. The first kappa shape index (κ1) is 12.3. The first-order chi connectivity index (χ1) is 8.20. The predicted octanol–water partition coefficient (Wildman–Crippen LogP) is 1.76. The first-order valence-electron chi connectivity index (χ1n) is 6.14. The summed E-state index contributed by atoms with van der Waals surface area (Å²) in [7, 11) is 2.02. The van der Waals surface area contributed by atoms with Gasteiger partial charge in [-0.2, -0.15) is 0 Å². The summed E-state index contributed by atoms with van der Waals surface area (Å²) < 4.78 is 5.55. The van der Waals surface area contributed by atoms with Gasteiger partial charge in [0.1, 0.15) is 6.10 Å². The number of hydrogen-bond acceptors (Lipinski definition) is 3. The molecular formula is C14H19NO2. The standard InChI is InChI=1S/C14H19NO2/c1-3-11-5-4-6-12(9-11)14(16)13-10-15(2)7-8-17-13/h4-6,9,13H,3,7-8,10H2,1-2H3. The van der Waals surface area contributed by atoms with Crippen molar-refractivity contribution in [3.63, 3.8) is 0 Å². The van der Waals surface area contributed by atoms with E-state index in [1.165, 1.54) is 5.56 Å². The van der Waals surface area contributed by atoms with Crippen LogP contribution in [0, 0.1) is 0 Å². The van der Waals surface area contributed by atoms with Crippen LogP contribution >= 0.6 is 0 Å². The zero-order chi connectivity index (χ0) is 12.3. The first-order valence-corrected chi connectivity index (χ1v) is 6.14. The van der Waals surface area contributed by atoms with Gasteiger partial charge >= 0.3 is 0 Å². The largest absolute Gasteiger partial charge is 0.367 e. The van der Waals surface area contributed by atoms with Crippen LogP contribution in [0.5, 0.6) is 0 Å². The average Bonchev–Trinajstić information content (AvgIpc) is 2.38. The van der Waals surface area contributed by atoms with Crippen LogP contribution in [-0.2, 0) is 11.2 Å². The fourth-order valence-corrected chi connectivity index (χ4v) is 2.07. The molecule has 0 spiro atoms. The molecule has 1 saturated heterocycles. The number of carbonyl (C=O) groups excluding carboxylic acids is 1. The summed E-state index contributed by atoms with van der Waals surface area (Å²) in [6.07, 6.45) is 0.646. The van der Waals surface area contributed by atoms with E-state index in [1.54, 1.807) is 0 Å². The Bertz CT molecular complexity index is 403. The molecule has 1 aromatic carbocycles. The Balaban J connectivity index is 2.12. The summed E-state index contributed by atoms with van der Waals surface area (Å²) in [6, 6.07) is 7.84. The zero-order valence-electron chi connectivity index (χ0n) is 10.5. The number of ketones is 1. The van der Waals surface area contributed by atoms with E-state index < -0.39 is 0 Å². The Morgan fingerprint density at radius 1 is 1.53 bits per heavy atom. The topological polar surface area (TPSA) is 29.5 Å². The van der Waals surface area contributed by atoms with Crippen LogP contribution in [-0.4, -0.2) is 43.5 Å². The predicted molar refractivity (Wildman–Crippen MR) is 67.4 cm³/mol. The van der Waals surface area contributed by atoms with Crippen LogP contribution in [0.1, 0.15) is 22.8 Å². The maximum Gasteiger partial charge on any atom is 0.192 e. The number of ether oxygens (including phenoxy) is 1. The lowest BCUT2D eigenvalue weighted by Gasteiger charge is -2.29. The van der Waals surface area contributed by atoms with Crippen molar-refractivity contribution in [2.75, 3.05) is 26.7 Å². The molecule has 3 nitrogen and oxygen atoms in total. The van der Waals surface area contributed by atoms with Gasteiger partial charge in [0.15, 0.2) is 5.78 Å². The van der Waals surface area contributed by atoms with Crippen molar-refractivity contribution >= 4 is 5.78 Å². The van der Waals surface area contributed by atoms with Crippen LogP contribution in [0.15, 0.2) is 24.3 Å². The maximum absolute atomic E-state index is 12.3. The molecular weight excluding hydrogens is 214 g/mol. The third kappa shape index (κ3) is 2.93. The number of Topliss-reactive ketones (excluding diaryl/α,β-unsaturated/α-hetero) is 1. The lowest BCUT2D eigenvalue weighted by molar-refractivity contribution is -0.00862. The SMILES string of the molecule is CCc1cccc(C(=O)C2CN(C)CCO2)c1. The second kappa shape index (κ2) is 5.43. The third-order valence-corrected chi connectivity index (χ3v) is 3.18. The minimum absolute atomic E-state index is 0.104. The molecule has 0 radical (unpaired) electrons. The highest BCUT2D eigenvalue weighted by Crippen LogP contribution is 2.13. The monoisotopic (exact) mass is 233 g/mol. The van der Waals surface area contributed by atoms with Crippen molar-refractivity contribution in [1.29, 1.82) is 0 Å². The summed E-state index contributed by atoms with van der Waals surface area (Å²) in [4.78, 5) is 14.4. The minimum Gasteiger partial charge on any atom is -0.367 e. The molecule has 17 heavy (non-hydrogen) atoms. The van der Waals surface area contributed by atoms with Crippen molar-refractivity contribution in [3.05, 3.63) is 35.4 Å². The molecule has 3 heteroatoms. The lowest BCUT2D eigenvalue weighted by Crippen LogP contribution is -2.44. The quantitative estimate of drug-likeness (QED) is 0.745. The van der Waals surface area contributed by atoms with Crippen molar-refractivity contribution in [2.24, 2.45) is 0 Å². The maximum atomic E-state index is 12.3. The molecule has 1 heterocycles. The van der Waals surface area contributed by atoms with E-state index in [9.17, 15) is 4.79 Å². The van der Waals surface area contributed by atoms with Crippen LogP contribution in [0.4, 0.5) is 0 Å². The van der Waals surface area contributed by atoms with Crippen molar-refractivity contribution < 1.29 is 9.53 Å². The Labute approximate surface area is 102 Å². The van der Waals surface area contributed by atoms with Gasteiger partial charge in [0.25, 0.3) is 0 Å². The summed E-state index contributed by atoms with van der Waals surface area (Å²) >= 11 is 0. The number of morpholine rings is 1. The van der Waals surface area contributed by atoms with Crippen molar-refractivity contribution in [3.8, 4) is 0 Å². The third-order valence-electron chi connectivity index (χ3n) is 3.18. The van der Waals surface area contributed by atoms with Crippen LogP contribution in [0.25, 0.3) is 0 Å². The number of rotatable bonds is 3. The van der Waals surface area contributed by atoms with Gasteiger partial charge in [-0.25, -0.2) is 0 Å². The second-order valence-electron chi connectivity index (χ2n) is 4.54. The molecule has 0 amide bonds. The molecule has 1 unspecified atom stereocenters. The highest BCUT2D eigenvalue weighted by molar-refractivity contribution is 5.99. The Morgan fingerprint density at radius 3 is 3.06 bits per heavy atom. The molecule has 2 rings (SSSR count). The van der Waals surface area contributed by atoms with Crippen molar-refractivity contribution in [2.45, 2.75) is 19.4 Å².